The molecule has 0 aromatic heterocycles. The van der Waals surface area contributed by atoms with Crippen LogP contribution in [0.5, 0.6) is 0 Å². The first-order chi connectivity index (χ1) is 6.72. The van der Waals surface area contributed by atoms with Crippen LogP contribution in [0.15, 0.2) is 24.3 Å². The summed E-state index contributed by atoms with van der Waals surface area (Å²) < 4.78 is 0. The van der Waals surface area contributed by atoms with Gasteiger partial charge in [0.05, 0.1) is 6.42 Å². The van der Waals surface area contributed by atoms with Gasteiger partial charge in [0.25, 0.3) is 0 Å². The number of carbonyl (C=O) groups excluding carboxylic acids is 1. The van der Waals surface area contributed by atoms with Crippen molar-refractivity contribution in [3.8, 4) is 0 Å². The number of hydrogen-bond acceptors (Lipinski definition) is 2. The summed E-state index contributed by atoms with van der Waals surface area (Å²) in [7, 11) is 0. The summed E-state index contributed by atoms with van der Waals surface area (Å²) in [6, 6.07) is 7.77. The minimum atomic E-state index is -0.292. The van der Waals surface area contributed by atoms with E-state index in [4.69, 9.17) is 5.73 Å². The van der Waals surface area contributed by atoms with Crippen LogP contribution in [0.2, 0.25) is 0 Å². The van der Waals surface area contributed by atoms with E-state index >= 15 is 0 Å². The maximum absolute atomic E-state index is 10.6. The summed E-state index contributed by atoms with van der Waals surface area (Å²) in [4.78, 5) is 10.6. The molecule has 0 heterocycles. The van der Waals surface area contributed by atoms with Crippen molar-refractivity contribution in [1.29, 1.82) is 0 Å². The Kier molecular flexibility index (Phi) is 3.98. The molecule has 0 aliphatic heterocycles. The largest absolute Gasteiger partial charge is 0.385 e. The van der Waals surface area contributed by atoms with Crippen LogP contribution >= 0.6 is 0 Å². The van der Waals surface area contributed by atoms with Crippen molar-refractivity contribution in [3.63, 3.8) is 0 Å². The Labute approximate surface area is 84.3 Å². The SMILES string of the molecule is CCCNc1ccc(CC(N)=O)cc1. The molecule has 3 heteroatoms. The molecular formula is C11H16N2O. The van der Waals surface area contributed by atoms with Crippen LogP contribution in [-0.2, 0) is 11.2 Å². The Hall–Kier alpha value is -1.51. The lowest BCUT2D eigenvalue weighted by atomic mass is 10.1. The second-order valence-corrected chi connectivity index (χ2v) is 3.27. The molecule has 1 aromatic carbocycles. The highest BCUT2D eigenvalue weighted by Gasteiger charge is 1.97. The summed E-state index contributed by atoms with van der Waals surface area (Å²) >= 11 is 0. The van der Waals surface area contributed by atoms with Crippen LogP contribution < -0.4 is 11.1 Å². The third-order valence-corrected chi connectivity index (χ3v) is 1.91. The van der Waals surface area contributed by atoms with Gasteiger partial charge in [-0.25, -0.2) is 0 Å². The van der Waals surface area contributed by atoms with Crippen molar-refractivity contribution in [2.75, 3.05) is 11.9 Å². The average Bonchev–Trinajstić information content (AvgIpc) is 2.16. The lowest BCUT2D eigenvalue weighted by Crippen LogP contribution is -2.13. The van der Waals surface area contributed by atoms with E-state index in [-0.39, 0.29) is 5.91 Å². The van der Waals surface area contributed by atoms with Gasteiger partial charge in [-0.05, 0) is 24.1 Å². The Morgan fingerprint density at radius 1 is 1.36 bits per heavy atom. The van der Waals surface area contributed by atoms with Crippen molar-refractivity contribution < 1.29 is 4.79 Å². The highest BCUT2D eigenvalue weighted by atomic mass is 16.1. The van der Waals surface area contributed by atoms with Crippen molar-refractivity contribution in [1.82, 2.24) is 0 Å². The van der Waals surface area contributed by atoms with Gasteiger partial charge in [0.15, 0.2) is 0 Å². The topological polar surface area (TPSA) is 55.1 Å². The fourth-order valence-electron chi connectivity index (χ4n) is 1.21. The smallest absolute Gasteiger partial charge is 0.221 e. The molecule has 3 nitrogen and oxygen atoms in total. The van der Waals surface area contributed by atoms with E-state index in [0.29, 0.717) is 6.42 Å². The monoisotopic (exact) mass is 192 g/mol. The van der Waals surface area contributed by atoms with Crippen LogP contribution in [-0.4, -0.2) is 12.5 Å². The van der Waals surface area contributed by atoms with E-state index < -0.39 is 0 Å². The Morgan fingerprint density at radius 3 is 2.50 bits per heavy atom. The third-order valence-electron chi connectivity index (χ3n) is 1.91. The van der Waals surface area contributed by atoms with Gasteiger partial charge in [-0.15, -0.1) is 0 Å². The van der Waals surface area contributed by atoms with Crippen LogP contribution in [0.3, 0.4) is 0 Å². The van der Waals surface area contributed by atoms with E-state index in [2.05, 4.69) is 12.2 Å². The van der Waals surface area contributed by atoms with Gasteiger partial charge >= 0.3 is 0 Å². The fraction of sp³-hybridized carbons (Fsp3) is 0.364. The summed E-state index contributed by atoms with van der Waals surface area (Å²) in [6.45, 7) is 3.09. The number of carbonyl (C=O) groups is 1. The number of nitrogens with two attached hydrogens (primary N) is 1. The zero-order valence-electron chi connectivity index (χ0n) is 8.42. The number of anilines is 1. The molecule has 0 bridgehead atoms. The van der Waals surface area contributed by atoms with Gasteiger partial charge in [0.2, 0.25) is 5.91 Å². The molecule has 0 saturated carbocycles. The zero-order valence-corrected chi connectivity index (χ0v) is 8.42. The first-order valence-corrected chi connectivity index (χ1v) is 4.83. The number of nitrogens with one attached hydrogen (secondary N) is 1. The van der Waals surface area contributed by atoms with Crippen LogP contribution in [0.25, 0.3) is 0 Å². The second kappa shape index (κ2) is 5.27. The number of rotatable bonds is 5. The minimum absolute atomic E-state index is 0.292. The van der Waals surface area contributed by atoms with Crippen molar-refractivity contribution in [2.24, 2.45) is 5.73 Å². The zero-order chi connectivity index (χ0) is 10.4. The molecule has 1 amide bonds. The first kappa shape index (κ1) is 10.6. The predicted octanol–water partition coefficient (Wildman–Crippen LogP) is 1.54. The van der Waals surface area contributed by atoms with E-state index in [0.717, 1.165) is 24.2 Å². The molecule has 0 fully saturated rings. The number of primary amides is 1. The molecule has 0 unspecified atom stereocenters. The van der Waals surface area contributed by atoms with Crippen LogP contribution in [0.4, 0.5) is 5.69 Å². The summed E-state index contributed by atoms with van der Waals surface area (Å²) in [5, 5.41) is 3.26. The number of benzene rings is 1. The molecule has 3 N–H and O–H groups in total. The number of hydrogen-bond donors (Lipinski definition) is 2. The summed E-state index contributed by atoms with van der Waals surface area (Å²) in [6.07, 6.45) is 1.41. The van der Waals surface area contributed by atoms with Gasteiger partial charge in [-0.3, -0.25) is 4.79 Å². The van der Waals surface area contributed by atoms with E-state index in [1.165, 1.54) is 0 Å². The maximum Gasteiger partial charge on any atom is 0.221 e. The van der Waals surface area contributed by atoms with E-state index in [1.807, 2.05) is 24.3 Å². The molecule has 0 spiro atoms. The van der Waals surface area contributed by atoms with E-state index in [1.54, 1.807) is 0 Å². The average molecular weight is 192 g/mol. The molecule has 0 aliphatic carbocycles. The third kappa shape index (κ3) is 3.47. The lowest BCUT2D eigenvalue weighted by Gasteiger charge is -2.05. The molecule has 0 atom stereocenters. The van der Waals surface area contributed by atoms with Crippen molar-refractivity contribution in [3.05, 3.63) is 29.8 Å². The van der Waals surface area contributed by atoms with Gasteiger partial charge in [-0.1, -0.05) is 19.1 Å². The highest BCUT2D eigenvalue weighted by molar-refractivity contribution is 5.76. The maximum atomic E-state index is 10.6. The predicted molar refractivity (Wildman–Crippen MR) is 58.1 cm³/mol. The van der Waals surface area contributed by atoms with E-state index in [9.17, 15) is 4.79 Å². The first-order valence-electron chi connectivity index (χ1n) is 4.83. The van der Waals surface area contributed by atoms with Crippen LogP contribution in [0, 0.1) is 0 Å². The molecule has 0 saturated heterocycles. The van der Waals surface area contributed by atoms with Gasteiger partial charge < -0.3 is 11.1 Å². The molecule has 0 radical (unpaired) electrons. The molecule has 0 aliphatic rings. The van der Waals surface area contributed by atoms with Crippen molar-refractivity contribution >= 4 is 11.6 Å². The minimum Gasteiger partial charge on any atom is -0.385 e. The Morgan fingerprint density at radius 2 is 2.00 bits per heavy atom. The Balaban J connectivity index is 2.54. The lowest BCUT2D eigenvalue weighted by molar-refractivity contribution is -0.117. The molecule has 76 valence electrons. The fourth-order valence-corrected chi connectivity index (χ4v) is 1.21. The quantitative estimate of drug-likeness (QED) is 0.743. The highest BCUT2D eigenvalue weighted by Crippen LogP contribution is 2.09. The van der Waals surface area contributed by atoms with Gasteiger partial charge in [0.1, 0.15) is 0 Å². The summed E-state index contributed by atoms with van der Waals surface area (Å²) in [5.74, 6) is -0.292. The van der Waals surface area contributed by atoms with Gasteiger partial charge in [-0.2, -0.15) is 0 Å². The molecule has 14 heavy (non-hydrogen) atoms. The Bertz CT molecular complexity index is 293. The number of amides is 1. The second-order valence-electron chi connectivity index (χ2n) is 3.27. The normalized spacial score (nSPS) is 9.79. The standard InChI is InChI=1S/C11H16N2O/c1-2-7-13-10-5-3-9(4-6-10)8-11(12)14/h3-6,13H,2,7-8H2,1H3,(H2,12,14). The molecule has 1 rings (SSSR count). The molecular weight excluding hydrogens is 176 g/mol. The van der Waals surface area contributed by atoms with Crippen LogP contribution in [0.1, 0.15) is 18.9 Å². The van der Waals surface area contributed by atoms with Crippen molar-refractivity contribution in [2.45, 2.75) is 19.8 Å². The van der Waals surface area contributed by atoms with Gasteiger partial charge in [0, 0.05) is 12.2 Å². The summed E-state index contributed by atoms with van der Waals surface area (Å²) in [5.41, 5.74) is 7.13. The molecule has 1 aromatic rings.